The lowest BCUT2D eigenvalue weighted by Crippen LogP contribution is -2.45. The van der Waals surface area contributed by atoms with Gasteiger partial charge in [-0.25, -0.2) is 19.3 Å². The third-order valence-electron chi connectivity index (χ3n) is 7.08. The summed E-state index contributed by atoms with van der Waals surface area (Å²) >= 11 is 2.81. The molecule has 41 heavy (non-hydrogen) atoms. The quantitative estimate of drug-likeness (QED) is 0.204. The van der Waals surface area contributed by atoms with E-state index in [9.17, 15) is 4.39 Å². The van der Waals surface area contributed by atoms with Gasteiger partial charge >= 0.3 is 0 Å². The van der Waals surface area contributed by atoms with Crippen LogP contribution in [0.5, 0.6) is 11.5 Å². The van der Waals surface area contributed by atoms with E-state index < -0.39 is 0 Å². The van der Waals surface area contributed by atoms with Crippen molar-refractivity contribution in [2.45, 2.75) is 61.8 Å². The summed E-state index contributed by atoms with van der Waals surface area (Å²) in [6.45, 7) is 10.7. The maximum atomic E-state index is 13.5. The number of likely N-dealkylation sites (tertiary alicyclic amines) is 1. The van der Waals surface area contributed by atoms with Gasteiger partial charge in [0.2, 0.25) is 5.13 Å². The van der Waals surface area contributed by atoms with Crippen molar-refractivity contribution in [3.8, 4) is 11.5 Å². The van der Waals surface area contributed by atoms with Crippen LogP contribution in [-0.4, -0.2) is 48.0 Å². The Bertz CT molecular complexity index is 1660. The van der Waals surface area contributed by atoms with E-state index in [-0.39, 0.29) is 11.4 Å². The van der Waals surface area contributed by atoms with Crippen LogP contribution in [-0.2, 0) is 0 Å². The van der Waals surface area contributed by atoms with Crippen LogP contribution in [0.25, 0.3) is 11.1 Å². The SMILES string of the molecule is Cc1noc2nccc(Sc3cnc(Nc4nc(C5CCN(C(C)(C)C)CC5)ns4)c(Oc4ccc(F)cc4)c3)c12. The number of ether oxygens (including phenoxy) is 1. The average molecular weight is 592 g/mol. The largest absolute Gasteiger partial charge is 0.453 e. The molecule has 1 N–H and O–H groups in total. The Kier molecular flexibility index (Phi) is 7.62. The fourth-order valence-corrected chi connectivity index (χ4v) is 6.48. The van der Waals surface area contributed by atoms with Crippen LogP contribution in [0, 0.1) is 12.7 Å². The molecule has 1 aliphatic rings. The van der Waals surface area contributed by atoms with Crippen LogP contribution in [0.4, 0.5) is 15.3 Å². The third kappa shape index (κ3) is 6.19. The first-order valence-electron chi connectivity index (χ1n) is 13.4. The maximum absolute atomic E-state index is 13.5. The normalized spacial score (nSPS) is 15.0. The maximum Gasteiger partial charge on any atom is 0.259 e. The number of piperidine rings is 1. The second kappa shape index (κ2) is 11.3. The summed E-state index contributed by atoms with van der Waals surface area (Å²) in [6.07, 6.45) is 5.52. The lowest BCUT2D eigenvalue weighted by atomic mass is 9.92. The van der Waals surface area contributed by atoms with Gasteiger partial charge in [0, 0.05) is 51.2 Å². The topological polar surface area (TPSA) is 102 Å². The van der Waals surface area contributed by atoms with Crippen molar-refractivity contribution in [2.75, 3.05) is 18.4 Å². The first-order chi connectivity index (χ1) is 19.7. The van der Waals surface area contributed by atoms with E-state index in [1.54, 1.807) is 24.5 Å². The van der Waals surface area contributed by atoms with Gasteiger partial charge in [0.15, 0.2) is 11.6 Å². The van der Waals surface area contributed by atoms with Crippen LogP contribution in [0.2, 0.25) is 0 Å². The second-order valence-electron chi connectivity index (χ2n) is 10.9. The standard InChI is InChI=1S/C29H30FN7O2S2/c1-17-24-23(9-12-31-27(24)39-35-17)40-21-15-22(38-20-7-5-19(30)6-8-20)26(32-16-21)34-28-33-25(36-41-28)18-10-13-37(14-11-18)29(2,3)4/h5-9,12,15-16,18H,10-11,13-14H2,1-4H3,(H,32,33,34,36). The predicted octanol–water partition coefficient (Wildman–Crippen LogP) is 7.58. The summed E-state index contributed by atoms with van der Waals surface area (Å²) in [6, 6.07) is 9.69. The number of aryl methyl sites for hydroxylation is 1. The summed E-state index contributed by atoms with van der Waals surface area (Å²) in [5, 5.41) is 8.85. The number of fused-ring (bicyclic) bond motifs is 1. The summed E-state index contributed by atoms with van der Waals surface area (Å²) < 4.78 is 29.7. The Morgan fingerprint density at radius 3 is 2.66 bits per heavy atom. The molecule has 12 heteroatoms. The molecule has 9 nitrogen and oxygen atoms in total. The third-order valence-corrected chi connectivity index (χ3v) is 8.75. The van der Waals surface area contributed by atoms with E-state index in [1.165, 1.54) is 35.4 Å². The molecular formula is C29H30FN7O2S2. The zero-order valence-electron chi connectivity index (χ0n) is 23.2. The Balaban J connectivity index is 1.24. The van der Waals surface area contributed by atoms with Crippen molar-refractivity contribution in [2.24, 2.45) is 0 Å². The molecular weight excluding hydrogens is 561 g/mol. The number of pyridine rings is 2. The Morgan fingerprint density at radius 2 is 1.90 bits per heavy atom. The smallest absolute Gasteiger partial charge is 0.259 e. The molecule has 0 bridgehead atoms. The number of hydrogen-bond acceptors (Lipinski definition) is 11. The lowest BCUT2D eigenvalue weighted by Gasteiger charge is -2.40. The first kappa shape index (κ1) is 27.6. The van der Waals surface area contributed by atoms with Crippen molar-refractivity contribution < 1.29 is 13.7 Å². The number of nitrogens with one attached hydrogen (secondary N) is 1. The minimum absolute atomic E-state index is 0.169. The molecule has 212 valence electrons. The van der Waals surface area contributed by atoms with Gasteiger partial charge in [-0.05, 0) is 84.0 Å². The van der Waals surface area contributed by atoms with Gasteiger partial charge in [-0.3, -0.25) is 4.90 Å². The highest BCUT2D eigenvalue weighted by molar-refractivity contribution is 7.99. The molecule has 0 saturated carbocycles. The molecule has 4 aromatic heterocycles. The summed E-state index contributed by atoms with van der Waals surface area (Å²) in [5.74, 6) is 2.32. The number of nitrogens with zero attached hydrogens (tertiary/aromatic N) is 6. The van der Waals surface area contributed by atoms with Gasteiger partial charge in [-0.1, -0.05) is 16.9 Å². The number of anilines is 2. The molecule has 6 rings (SSSR count). The summed E-state index contributed by atoms with van der Waals surface area (Å²) in [4.78, 5) is 18.0. The fraction of sp³-hybridized carbons (Fsp3) is 0.345. The molecule has 1 aromatic carbocycles. The lowest BCUT2D eigenvalue weighted by molar-refractivity contribution is 0.101. The number of benzene rings is 1. The molecule has 0 radical (unpaired) electrons. The zero-order chi connectivity index (χ0) is 28.6. The van der Waals surface area contributed by atoms with Crippen LogP contribution in [0.15, 0.2) is 63.1 Å². The Morgan fingerprint density at radius 1 is 1.12 bits per heavy atom. The fourth-order valence-electron chi connectivity index (χ4n) is 4.84. The zero-order valence-corrected chi connectivity index (χ0v) is 24.9. The minimum Gasteiger partial charge on any atom is -0.453 e. The highest BCUT2D eigenvalue weighted by Gasteiger charge is 2.29. The molecule has 5 heterocycles. The predicted molar refractivity (Wildman–Crippen MR) is 158 cm³/mol. The van der Waals surface area contributed by atoms with Gasteiger partial charge < -0.3 is 14.6 Å². The molecule has 0 atom stereocenters. The highest BCUT2D eigenvalue weighted by atomic mass is 32.2. The van der Waals surface area contributed by atoms with Crippen molar-refractivity contribution in [3.63, 3.8) is 0 Å². The summed E-state index contributed by atoms with van der Waals surface area (Å²) in [5.41, 5.74) is 1.42. The first-order valence-corrected chi connectivity index (χ1v) is 15.0. The van der Waals surface area contributed by atoms with E-state index in [4.69, 9.17) is 14.2 Å². The van der Waals surface area contributed by atoms with E-state index in [2.05, 4.69) is 50.5 Å². The van der Waals surface area contributed by atoms with Crippen molar-refractivity contribution in [1.82, 2.24) is 29.4 Å². The molecule has 0 amide bonds. The molecule has 0 aliphatic carbocycles. The number of hydrogen-bond donors (Lipinski definition) is 1. The van der Waals surface area contributed by atoms with Crippen molar-refractivity contribution >= 4 is 45.3 Å². The van der Waals surface area contributed by atoms with Gasteiger partial charge in [0.25, 0.3) is 5.71 Å². The van der Waals surface area contributed by atoms with Gasteiger partial charge in [-0.15, -0.1) is 0 Å². The monoisotopic (exact) mass is 591 g/mol. The minimum atomic E-state index is -0.335. The van der Waals surface area contributed by atoms with Crippen LogP contribution >= 0.6 is 23.3 Å². The second-order valence-corrected chi connectivity index (χ2v) is 12.8. The molecule has 1 aliphatic heterocycles. The van der Waals surface area contributed by atoms with Crippen molar-refractivity contribution in [1.29, 1.82) is 0 Å². The van der Waals surface area contributed by atoms with Gasteiger partial charge in [0.1, 0.15) is 17.4 Å². The Hall–Kier alpha value is -3.61. The summed E-state index contributed by atoms with van der Waals surface area (Å²) in [7, 11) is 0. The highest BCUT2D eigenvalue weighted by Crippen LogP contribution is 2.39. The van der Waals surface area contributed by atoms with E-state index in [0.29, 0.717) is 34.1 Å². The van der Waals surface area contributed by atoms with Crippen LogP contribution in [0.1, 0.15) is 51.0 Å². The molecule has 5 aromatic rings. The number of rotatable bonds is 7. The number of aromatic nitrogens is 5. The Labute approximate surface area is 245 Å². The number of halogens is 1. The van der Waals surface area contributed by atoms with Crippen LogP contribution < -0.4 is 10.1 Å². The van der Waals surface area contributed by atoms with Gasteiger partial charge in [0.05, 0.1) is 11.1 Å². The molecule has 1 fully saturated rings. The molecule has 0 spiro atoms. The molecule has 1 saturated heterocycles. The average Bonchev–Trinajstić information content (AvgIpc) is 3.58. The van der Waals surface area contributed by atoms with E-state index in [1.807, 2.05) is 19.1 Å². The van der Waals surface area contributed by atoms with E-state index >= 15 is 0 Å². The van der Waals surface area contributed by atoms with E-state index in [0.717, 1.165) is 52.6 Å². The van der Waals surface area contributed by atoms with Crippen molar-refractivity contribution in [3.05, 3.63) is 66.1 Å². The van der Waals surface area contributed by atoms with Crippen LogP contribution in [0.3, 0.4) is 0 Å². The molecule has 0 unspecified atom stereocenters. The van der Waals surface area contributed by atoms with Gasteiger partial charge in [-0.2, -0.15) is 4.37 Å².